The molecule has 0 aromatic carbocycles. The molecule has 5 fully saturated rings. The van der Waals surface area contributed by atoms with E-state index in [1.165, 1.54) is 0 Å². The lowest BCUT2D eigenvalue weighted by Crippen LogP contribution is -2.62. The van der Waals surface area contributed by atoms with E-state index in [9.17, 15) is 15.0 Å². The van der Waals surface area contributed by atoms with Crippen LogP contribution in [0.3, 0.4) is 0 Å². The van der Waals surface area contributed by atoms with Crippen molar-refractivity contribution in [3.05, 3.63) is 0 Å². The standard InChI is InChI=1S/C18H30N2O7/c21-14-15(22)18-26-10-2-9-25-16(14)13(27-18)11-19-4-6-20(7-5-19)17(23)12-3-1-8-24-12/h12-16,18,21-22H,1-11H2. The van der Waals surface area contributed by atoms with Crippen molar-refractivity contribution < 1.29 is 34.0 Å². The summed E-state index contributed by atoms with van der Waals surface area (Å²) in [6.07, 6.45) is -1.73. The van der Waals surface area contributed by atoms with E-state index < -0.39 is 24.6 Å². The molecule has 2 N–H and O–H groups in total. The highest BCUT2D eigenvalue weighted by molar-refractivity contribution is 5.81. The first-order chi connectivity index (χ1) is 13.1. The van der Waals surface area contributed by atoms with Gasteiger partial charge in [-0.05, 0) is 19.3 Å². The average Bonchev–Trinajstić information content (AvgIpc) is 3.24. The molecule has 5 rings (SSSR count). The van der Waals surface area contributed by atoms with E-state index in [2.05, 4.69) is 4.90 Å². The molecule has 9 heteroatoms. The Hall–Kier alpha value is -0.810. The van der Waals surface area contributed by atoms with Gasteiger partial charge in [-0.15, -0.1) is 0 Å². The van der Waals surface area contributed by atoms with Crippen LogP contribution in [0.25, 0.3) is 0 Å². The van der Waals surface area contributed by atoms with Crippen molar-refractivity contribution in [1.82, 2.24) is 9.80 Å². The number of piperazine rings is 1. The summed E-state index contributed by atoms with van der Waals surface area (Å²) in [6.45, 7) is 4.90. The van der Waals surface area contributed by atoms with Gasteiger partial charge in [-0.25, -0.2) is 0 Å². The van der Waals surface area contributed by atoms with E-state index >= 15 is 0 Å². The van der Waals surface area contributed by atoms with Crippen molar-refractivity contribution in [2.75, 3.05) is 52.5 Å². The number of aliphatic hydroxyl groups is 2. The zero-order valence-electron chi connectivity index (χ0n) is 15.6. The van der Waals surface area contributed by atoms with Gasteiger partial charge in [0.1, 0.15) is 30.5 Å². The number of carbonyl (C=O) groups is 1. The number of fused-ring (bicyclic) bond motifs is 6. The number of carbonyl (C=O) groups excluding carboxylic acids is 1. The number of hydrogen-bond acceptors (Lipinski definition) is 8. The Morgan fingerprint density at radius 2 is 1.67 bits per heavy atom. The van der Waals surface area contributed by atoms with Gasteiger partial charge in [-0.2, -0.15) is 0 Å². The Morgan fingerprint density at radius 3 is 2.41 bits per heavy atom. The smallest absolute Gasteiger partial charge is 0.251 e. The SMILES string of the molecule is O=C(C1CCCO1)N1CCN(CC2OC3OCCCOC2C(O)C3O)CC1. The highest BCUT2D eigenvalue weighted by atomic mass is 16.7. The summed E-state index contributed by atoms with van der Waals surface area (Å²) in [5.41, 5.74) is 0. The second-order valence-corrected chi connectivity index (χ2v) is 7.71. The minimum atomic E-state index is -1.11. The van der Waals surface area contributed by atoms with E-state index in [-0.39, 0.29) is 18.1 Å². The second kappa shape index (κ2) is 8.69. The van der Waals surface area contributed by atoms with E-state index in [4.69, 9.17) is 18.9 Å². The van der Waals surface area contributed by atoms with E-state index in [0.717, 1.165) is 25.9 Å². The van der Waals surface area contributed by atoms with Gasteiger partial charge in [-0.3, -0.25) is 9.69 Å². The molecule has 27 heavy (non-hydrogen) atoms. The second-order valence-electron chi connectivity index (χ2n) is 7.71. The third-order valence-electron chi connectivity index (χ3n) is 5.85. The first-order valence-corrected chi connectivity index (χ1v) is 10.0. The van der Waals surface area contributed by atoms with Crippen molar-refractivity contribution in [1.29, 1.82) is 0 Å². The van der Waals surface area contributed by atoms with Crippen LogP contribution in [-0.2, 0) is 23.7 Å². The highest BCUT2D eigenvalue weighted by Crippen LogP contribution is 2.27. The minimum Gasteiger partial charge on any atom is -0.387 e. The first kappa shape index (κ1) is 19.5. The lowest BCUT2D eigenvalue weighted by Gasteiger charge is -2.44. The van der Waals surface area contributed by atoms with Crippen molar-refractivity contribution >= 4 is 5.91 Å². The predicted octanol–water partition coefficient (Wildman–Crippen LogP) is -1.44. The molecule has 2 bridgehead atoms. The lowest BCUT2D eigenvalue weighted by atomic mass is 9.98. The summed E-state index contributed by atoms with van der Waals surface area (Å²) in [6, 6.07) is 0. The molecular weight excluding hydrogens is 356 g/mol. The highest BCUT2D eigenvalue weighted by Gasteiger charge is 2.47. The molecule has 9 nitrogen and oxygen atoms in total. The third kappa shape index (κ3) is 4.29. The largest absolute Gasteiger partial charge is 0.387 e. The predicted molar refractivity (Wildman–Crippen MR) is 93.0 cm³/mol. The molecule has 0 aromatic heterocycles. The molecule has 0 aromatic rings. The Morgan fingerprint density at radius 1 is 0.926 bits per heavy atom. The fourth-order valence-electron chi connectivity index (χ4n) is 4.26. The van der Waals surface area contributed by atoms with Crippen LogP contribution in [0, 0.1) is 0 Å². The fourth-order valence-corrected chi connectivity index (χ4v) is 4.26. The molecule has 5 heterocycles. The third-order valence-corrected chi connectivity index (χ3v) is 5.85. The Labute approximate surface area is 159 Å². The maximum atomic E-state index is 12.5. The summed E-state index contributed by atoms with van der Waals surface area (Å²) in [5.74, 6) is 0.0974. The zero-order chi connectivity index (χ0) is 18.8. The topological polar surface area (TPSA) is 101 Å². The summed E-state index contributed by atoms with van der Waals surface area (Å²) in [5, 5.41) is 20.6. The maximum absolute atomic E-state index is 12.5. The average molecular weight is 386 g/mol. The monoisotopic (exact) mass is 386 g/mol. The molecule has 0 saturated carbocycles. The van der Waals surface area contributed by atoms with Crippen LogP contribution < -0.4 is 0 Å². The van der Waals surface area contributed by atoms with Gasteiger partial charge in [-0.1, -0.05) is 0 Å². The van der Waals surface area contributed by atoms with Gasteiger partial charge in [0.2, 0.25) is 0 Å². The summed E-state index contributed by atoms with van der Waals surface area (Å²) >= 11 is 0. The first-order valence-electron chi connectivity index (χ1n) is 10.0. The Kier molecular flexibility index (Phi) is 6.28. The van der Waals surface area contributed by atoms with Crippen LogP contribution in [0.5, 0.6) is 0 Å². The summed E-state index contributed by atoms with van der Waals surface area (Å²) < 4.78 is 22.8. The quantitative estimate of drug-likeness (QED) is 0.608. The number of hydrogen-bond donors (Lipinski definition) is 2. The zero-order valence-corrected chi connectivity index (χ0v) is 15.6. The van der Waals surface area contributed by atoms with Crippen LogP contribution >= 0.6 is 0 Å². The molecule has 5 saturated heterocycles. The molecule has 6 atom stereocenters. The van der Waals surface area contributed by atoms with Gasteiger partial charge in [0, 0.05) is 45.9 Å². The van der Waals surface area contributed by atoms with Crippen molar-refractivity contribution in [2.45, 2.75) is 56.1 Å². The van der Waals surface area contributed by atoms with Gasteiger partial charge < -0.3 is 34.1 Å². The molecule has 1 amide bonds. The molecule has 0 radical (unpaired) electrons. The van der Waals surface area contributed by atoms with Crippen LogP contribution in [0.2, 0.25) is 0 Å². The van der Waals surface area contributed by atoms with Crippen LogP contribution in [0.15, 0.2) is 0 Å². The molecule has 154 valence electrons. The maximum Gasteiger partial charge on any atom is 0.251 e. The summed E-state index contributed by atoms with van der Waals surface area (Å²) in [4.78, 5) is 16.5. The van der Waals surface area contributed by atoms with E-state index in [1.54, 1.807) is 0 Å². The number of nitrogens with zero attached hydrogens (tertiary/aromatic N) is 2. The van der Waals surface area contributed by atoms with E-state index in [0.29, 0.717) is 45.9 Å². The molecule has 0 spiro atoms. The molecular formula is C18H30N2O7. The molecule has 6 unspecified atom stereocenters. The molecule has 5 aliphatic rings. The van der Waals surface area contributed by atoms with Crippen LogP contribution in [0.4, 0.5) is 0 Å². The van der Waals surface area contributed by atoms with Crippen LogP contribution in [0.1, 0.15) is 19.3 Å². The fraction of sp³-hybridized carbons (Fsp3) is 0.944. The number of ether oxygens (including phenoxy) is 4. The number of rotatable bonds is 3. The minimum absolute atomic E-state index is 0.0974. The molecule has 0 aliphatic carbocycles. The van der Waals surface area contributed by atoms with Gasteiger partial charge in [0.05, 0.1) is 6.61 Å². The van der Waals surface area contributed by atoms with Crippen molar-refractivity contribution in [3.8, 4) is 0 Å². The normalized spacial score (nSPS) is 41.2. The summed E-state index contributed by atoms with van der Waals surface area (Å²) in [7, 11) is 0. The van der Waals surface area contributed by atoms with Gasteiger partial charge in [0.25, 0.3) is 5.91 Å². The Bertz CT molecular complexity index is 506. The lowest BCUT2D eigenvalue weighted by molar-refractivity contribution is -0.296. The molecule has 5 aliphatic heterocycles. The number of aliphatic hydroxyl groups excluding tert-OH is 2. The van der Waals surface area contributed by atoms with Crippen molar-refractivity contribution in [2.24, 2.45) is 0 Å². The van der Waals surface area contributed by atoms with E-state index in [1.807, 2.05) is 4.90 Å². The van der Waals surface area contributed by atoms with Crippen molar-refractivity contribution in [3.63, 3.8) is 0 Å². The van der Waals surface area contributed by atoms with Gasteiger partial charge in [0.15, 0.2) is 6.29 Å². The van der Waals surface area contributed by atoms with Gasteiger partial charge >= 0.3 is 0 Å². The number of amides is 1. The Balaban J connectivity index is 1.32. The van der Waals surface area contributed by atoms with Crippen LogP contribution in [-0.4, -0.2) is 115 Å².